The minimum absolute atomic E-state index is 0.221. The first kappa shape index (κ1) is 13.7. The van der Waals surface area contributed by atoms with E-state index in [1.807, 2.05) is 30.3 Å². The van der Waals surface area contributed by atoms with Gasteiger partial charge in [0.05, 0.1) is 0 Å². The number of benzene rings is 1. The zero-order chi connectivity index (χ0) is 13.5. The van der Waals surface area contributed by atoms with Crippen LogP contribution < -0.4 is 5.32 Å². The van der Waals surface area contributed by atoms with Crippen LogP contribution in [0.5, 0.6) is 0 Å². The molecule has 0 saturated heterocycles. The molecular formula is C16H21NO2. The van der Waals surface area contributed by atoms with E-state index in [1.54, 1.807) is 0 Å². The minimum atomic E-state index is -0.317. The summed E-state index contributed by atoms with van der Waals surface area (Å²) in [6.07, 6.45) is 6.06. The fourth-order valence-corrected chi connectivity index (χ4v) is 2.27. The second-order valence-electron chi connectivity index (χ2n) is 4.89. The Bertz CT molecular complexity index is 439. The van der Waals surface area contributed by atoms with Crippen molar-refractivity contribution in [3.8, 4) is 0 Å². The topological polar surface area (TPSA) is 38.3 Å². The van der Waals surface area contributed by atoms with Gasteiger partial charge in [0, 0.05) is 6.04 Å². The number of nitrogens with one attached hydrogen (secondary N) is 1. The smallest absolute Gasteiger partial charge is 0.407 e. The second-order valence-corrected chi connectivity index (χ2v) is 4.89. The maximum atomic E-state index is 11.7. The standard InChI is InChI=1S/C16H21NO2/c1-2-13-8-10-15(11-9-13)17-16(18)19-12-14-6-4-3-5-7-14/h3-8,15H,2,9-12H2,1H3,(H,17,18). The lowest BCUT2D eigenvalue weighted by atomic mass is 9.94. The van der Waals surface area contributed by atoms with Crippen LogP contribution in [-0.4, -0.2) is 12.1 Å². The summed E-state index contributed by atoms with van der Waals surface area (Å²) in [6, 6.07) is 9.94. The zero-order valence-corrected chi connectivity index (χ0v) is 11.4. The Morgan fingerprint density at radius 3 is 2.79 bits per heavy atom. The third-order valence-electron chi connectivity index (χ3n) is 3.49. The normalized spacial score (nSPS) is 18.6. The van der Waals surface area contributed by atoms with Gasteiger partial charge in [-0.1, -0.05) is 48.9 Å². The van der Waals surface area contributed by atoms with E-state index < -0.39 is 0 Å². The quantitative estimate of drug-likeness (QED) is 0.835. The van der Waals surface area contributed by atoms with Crippen LogP contribution >= 0.6 is 0 Å². The molecule has 1 amide bonds. The van der Waals surface area contributed by atoms with Gasteiger partial charge < -0.3 is 10.1 Å². The number of carbonyl (C=O) groups excluding carboxylic acids is 1. The van der Waals surface area contributed by atoms with Crippen LogP contribution in [0.4, 0.5) is 4.79 Å². The van der Waals surface area contributed by atoms with Gasteiger partial charge in [-0.15, -0.1) is 0 Å². The van der Waals surface area contributed by atoms with E-state index in [0.717, 1.165) is 31.2 Å². The molecule has 0 bridgehead atoms. The van der Waals surface area contributed by atoms with Crippen LogP contribution in [0.2, 0.25) is 0 Å². The molecule has 0 saturated carbocycles. The summed E-state index contributed by atoms with van der Waals surface area (Å²) in [5.41, 5.74) is 2.50. The highest BCUT2D eigenvalue weighted by molar-refractivity contribution is 5.67. The van der Waals surface area contributed by atoms with Gasteiger partial charge in [-0.2, -0.15) is 0 Å². The molecule has 1 aliphatic rings. The number of rotatable bonds is 4. The SMILES string of the molecule is CCC1=CCC(NC(=O)OCc2ccccc2)CC1. The summed E-state index contributed by atoms with van der Waals surface area (Å²) in [5, 5.41) is 2.93. The molecule has 0 radical (unpaired) electrons. The Hall–Kier alpha value is -1.77. The molecule has 1 N–H and O–H groups in total. The number of amides is 1. The number of alkyl carbamates (subject to hydrolysis) is 1. The van der Waals surface area contributed by atoms with Gasteiger partial charge >= 0.3 is 6.09 Å². The molecule has 0 heterocycles. The molecule has 0 fully saturated rings. The number of carbonyl (C=O) groups is 1. The summed E-state index contributed by atoms with van der Waals surface area (Å²) >= 11 is 0. The highest BCUT2D eigenvalue weighted by Gasteiger charge is 2.16. The largest absolute Gasteiger partial charge is 0.445 e. The van der Waals surface area contributed by atoms with Crippen molar-refractivity contribution >= 4 is 6.09 Å². The van der Waals surface area contributed by atoms with E-state index in [0.29, 0.717) is 6.61 Å². The van der Waals surface area contributed by atoms with Gasteiger partial charge in [0.25, 0.3) is 0 Å². The molecule has 0 spiro atoms. The zero-order valence-electron chi connectivity index (χ0n) is 11.4. The minimum Gasteiger partial charge on any atom is -0.445 e. The lowest BCUT2D eigenvalue weighted by Crippen LogP contribution is -2.36. The molecule has 3 nitrogen and oxygen atoms in total. The molecule has 0 aliphatic heterocycles. The fourth-order valence-electron chi connectivity index (χ4n) is 2.27. The molecule has 102 valence electrons. The molecule has 1 unspecified atom stereocenters. The average Bonchev–Trinajstić information content (AvgIpc) is 2.47. The number of hydrogen-bond acceptors (Lipinski definition) is 2. The summed E-state index contributed by atoms with van der Waals surface area (Å²) in [5.74, 6) is 0. The van der Waals surface area contributed by atoms with Crippen molar-refractivity contribution in [2.45, 2.75) is 45.3 Å². The highest BCUT2D eigenvalue weighted by atomic mass is 16.5. The van der Waals surface area contributed by atoms with Gasteiger partial charge in [0.1, 0.15) is 6.61 Å². The number of ether oxygens (including phenoxy) is 1. The van der Waals surface area contributed by atoms with Crippen molar-refractivity contribution in [2.24, 2.45) is 0 Å². The Kier molecular flexibility index (Phi) is 5.01. The molecule has 1 atom stereocenters. The summed E-state index contributed by atoms with van der Waals surface area (Å²) in [7, 11) is 0. The number of allylic oxidation sites excluding steroid dienone is 1. The van der Waals surface area contributed by atoms with Crippen LogP contribution in [-0.2, 0) is 11.3 Å². The predicted octanol–water partition coefficient (Wildman–Crippen LogP) is 3.80. The van der Waals surface area contributed by atoms with Gasteiger partial charge in [-0.25, -0.2) is 4.79 Å². The van der Waals surface area contributed by atoms with Crippen molar-refractivity contribution in [1.82, 2.24) is 5.32 Å². The summed E-state index contributed by atoms with van der Waals surface area (Å²) in [4.78, 5) is 11.7. The average molecular weight is 259 g/mol. The van der Waals surface area contributed by atoms with Crippen molar-refractivity contribution in [3.05, 3.63) is 47.5 Å². The monoisotopic (exact) mass is 259 g/mol. The van der Waals surface area contributed by atoms with E-state index >= 15 is 0 Å². The molecule has 3 heteroatoms. The van der Waals surface area contributed by atoms with E-state index in [-0.39, 0.29) is 12.1 Å². The van der Waals surface area contributed by atoms with Crippen LogP contribution in [0.3, 0.4) is 0 Å². The van der Waals surface area contributed by atoms with Crippen LogP contribution in [0.1, 0.15) is 38.2 Å². The molecule has 2 rings (SSSR count). The number of hydrogen-bond donors (Lipinski definition) is 1. The van der Waals surface area contributed by atoms with Crippen LogP contribution in [0, 0.1) is 0 Å². The van der Waals surface area contributed by atoms with Gasteiger partial charge in [-0.05, 0) is 31.2 Å². The first-order valence-electron chi connectivity index (χ1n) is 6.93. The maximum absolute atomic E-state index is 11.7. The fraction of sp³-hybridized carbons (Fsp3) is 0.438. The molecule has 19 heavy (non-hydrogen) atoms. The third kappa shape index (κ3) is 4.43. The summed E-state index contributed by atoms with van der Waals surface area (Å²) < 4.78 is 5.21. The van der Waals surface area contributed by atoms with Gasteiger partial charge in [0.2, 0.25) is 0 Å². The lowest BCUT2D eigenvalue weighted by molar-refractivity contribution is 0.135. The van der Waals surface area contributed by atoms with E-state index in [1.165, 1.54) is 5.57 Å². The lowest BCUT2D eigenvalue weighted by Gasteiger charge is -2.22. The van der Waals surface area contributed by atoms with Crippen molar-refractivity contribution in [2.75, 3.05) is 0 Å². The maximum Gasteiger partial charge on any atom is 0.407 e. The molecule has 1 aromatic rings. The van der Waals surface area contributed by atoms with Crippen molar-refractivity contribution in [1.29, 1.82) is 0 Å². The van der Waals surface area contributed by atoms with Gasteiger partial charge in [0.15, 0.2) is 0 Å². The molecule has 1 aromatic carbocycles. The Morgan fingerprint density at radius 2 is 2.16 bits per heavy atom. The predicted molar refractivity (Wildman–Crippen MR) is 75.8 cm³/mol. The molecule has 1 aliphatic carbocycles. The van der Waals surface area contributed by atoms with Crippen LogP contribution in [0.15, 0.2) is 42.0 Å². The Morgan fingerprint density at radius 1 is 1.37 bits per heavy atom. The Labute approximate surface area is 114 Å². The van der Waals surface area contributed by atoms with Crippen LogP contribution in [0.25, 0.3) is 0 Å². The van der Waals surface area contributed by atoms with Crippen molar-refractivity contribution in [3.63, 3.8) is 0 Å². The first-order chi connectivity index (χ1) is 9.28. The second kappa shape index (κ2) is 6.98. The Balaban J connectivity index is 1.72. The highest BCUT2D eigenvalue weighted by Crippen LogP contribution is 2.20. The van der Waals surface area contributed by atoms with E-state index in [4.69, 9.17) is 4.74 Å². The third-order valence-corrected chi connectivity index (χ3v) is 3.49. The van der Waals surface area contributed by atoms with E-state index in [2.05, 4.69) is 18.3 Å². The van der Waals surface area contributed by atoms with Gasteiger partial charge in [-0.3, -0.25) is 0 Å². The van der Waals surface area contributed by atoms with Crippen molar-refractivity contribution < 1.29 is 9.53 Å². The van der Waals surface area contributed by atoms with E-state index in [9.17, 15) is 4.79 Å². The molecular weight excluding hydrogens is 238 g/mol. The first-order valence-corrected chi connectivity index (χ1v) is 6.93. The summed E-state index contributed by atoms with van der Waals surface area (Å²) in [6.45, 7) is 2.50. The molecule has 0 aromatic heterocycles.